The number of benzene rings is 1. The molecule has 0 unspecified atom stereocenters. The van der Waals surface area contributed by atoms with Gasteiger partial charge in [0.25, 0.3) is 5.91 Å². The average molecular weight is 435 g/mol. The van der Waals surface area contributed by atoms with Crippen molar-refractivity contribution in [3.63, 3.8) is 0 Å². The number of hydrazone groups is 1. The van der Waals surface area contributed by atoms with E-state index in [1.807, 2.05) is 47.2 Å². The number of amides is 1. The lowest BCUT2D eigenvalue weighted by Gasteiger charge is -2.21. The number of nitrogens with one attached hydrogen (secondary N) is 1. The molecule has 1 aliphatic heterocycles. The fraction of sp³-hybridized carbons (Fsp3) is 0.143. The third kappa shape index (κ3) is 3.64. The summed E-state index contributed by atoms with van der Waals surface area (Å²) in [5.74, 6) is -0.0756. The first-order valence-electron chi connectivity index (χ1n) is 9.44. The first kappa shape index (κ1) is 18.7. The molecule has 1 atom stereocenters. The van der Waals surface area contributed by atoms with Crippen molar-refractivity contribution in [2.75, 3.05) is 11.9 Å². The number of carbonyl (C=O) groups is 1. The van der Waals surface area contributed by atoms with Crippen LogP contribution in [0.2, 0.25) is 0 Å². The number of nitrogens with zero attached hydrogens (tertiary/aromatic N) is 5. The first-order valence-corrected chi connectivity index (χ1v) is 11.2. The molecule has 0 saturated carbocycles. The lowest BCUT2D eigenvalue weighted by Crippen LogP contribution is -2.32. The zero-order valence-corrected chi connectivity index (χ0v) is 17.5. The second-order valence-corrected chi connectivity index (χ2v) is 8.64. The molecule has 5 rings (SSSR count). The topological polar surface area (TPSA) is 75.4 Å². The van der Waals surface area contributed by atoms with Crippen LogP contribution in [0.3, 0.4) is 0 Å². The number of hydrogen-bond donors (Lipinski definition) is 1. The lowest BCUT2D eigenvalue weighted by atomic mass is 10.1. The Morgan fingerprint density at radius 3 is 2.73 bits per heavy atom. The minimum atomic E-state index is -0.0756. The smallest absolute Gasteiger partial charge is 0.262 e. The van der Waals surface area contributed by atoms with Gasteiger partial charge in [-0.25, -0.2) is 14.7 Å². The minimum absolute atomic E-state index is 0.0676. The number of rotatable bonds is 6. The number of para-hydroxylation sites is 2. The normalized spacial score (nSPS) is 15.9. The fourth-order valence-corrected chi connectivity index (χ4v) is 4.97. The van der Waals surface area contributed by atoms with Crippen LogP contribution in [0.15, 0.2) is 77.0 Å². The maximum absolute atomic E-state index is 13.2. The molecule has 1 aromatic carbocycles. The van der Waals surface area contributed by atoms with Gasteiger partial charge in [-0.15, -0.1) is 22.7 Å². The predicted molar refractivity (Wildman–Crippen MR) is 119 cm³/mol. The van der Waals surface area contributed by atoms with E-state index in [0.29, 0.717) is 0 Å². The highest BCUT2D eigenvalue weighted by molar-refractivity contribution is 7.12. The zero-order chi connectivity index (χ0) is 20.3. The molecule has 1 N–H and O–H groups in total. The largest absolute Gasteiger partial charge is 0.374 e. The van der Waals surface area contributed by atoms with Crippen molar-refractivity contribution in [1.82, 2.24) is 19.8 Å². The Balaban J connectivity index is 1.37. The van der Waals surface area contributed by atoms with Crippen LogP contribution in [0.4, 0.5) is 5.69 Å². The highest BCUT2D eigenvalue weighted by Crippen LogP contribution is 2.36. The summed E-state index contributed by atoms with van der Waals surface area (Å²) in [4.78, 5) is 19.4. The molecule has 3 aromatic heterocycles. The third-order valence-corrected chi connectivity index (χ3v) is 6.74. The van der Waals surface area contributed by atoms with E-state index >= 15 is 0 Å². The highest BCUT2D eigenvalue weighted by atomic mass is 32.1. The Hall–Kier alpha value is -3.30. The summed E-state index contributed by atoms with van der Waals surface area (Å²) in [6, 6.07) is 15.8. The molecule has 30 heavy (non-hydrogen) atoms. The van der Waals surface area contributed by atoms with Gasteiger partial charge in [-0.3, -0.25) is 4.79 Å². The third-order valence-electron chi connectivity index (χ3n) is 4.84. The van der Waals surface area contributed by atoms with E-state index in [4.69, 9.17) is 5.10 Å². The predicted octanol–water partition coefficient (Wildman–Crippen LogP) is 4.18. The van der Waals surface area contributed by atoms with Gasteiger partial charge in [-0.2, -0.15) is 10.2 Å². The molecule has 4 heterocycles. The summed E-state index contributed by atoms with van der Waals surface area (Å²) < 4.78 is 1.67. The van der Waals surface area contributed by atoms with Crippen LogP contribution < -0.4 is 5.32 Å². The second-order valence-electron chi connectivity index (χ2n) is 6.71. The quantitative estimate of drug-likeness (QED) is 0.494. The molecule has 1 amide bonds. The molecule has 9 heteroatoms. The second kappa shape index (κ2) is 8.21. The number of aromatic nitrogens is 3. The van der Waals surface area contributed by atoms with Gasteiger partial charge in [-0.05, 0) is 35.0 Å². The SMILES string of the molecule is O=C(CNc1ccccc1-n1cncn1)N1N=C(c2cccs2)C[C@H]1c1cccs1. The Labute approximate surface area is 181 Å². The van der Waals surface area contributed by atoms with Crippen molar-refractivity contribution in [3.8, 4) is 5.69 Å². The molecule has 0 saturated heterocycles. The van der Waals surface area contributed by atoms with Gasteiger partial charge < -0.3 is 5.32 Å². The van der Waals surface area contributed by atoms with E-state index < -0.39 is 0 Å². The number of carbonyl (C=O) groups excluding carboxylic acids is 1. The van der Waals surface area contributed by atoms with E-state index in [9.17, 15) is 4.79 Å². The van der Waals surface area contributed by atoms with Gasteiger partial charge in [0.15, 0.2) is 0 Å². The van der Waals surface area contributed by atoms with Crippen molar-refractivity contribution in [3.05, 3.63) is 81.7 Å². The van der Waals surface area contributed by atoms with E-state index in [-0.39, 0.29) is 18.5 Å². The van der Waals surface area contributed by atoms with Gasteiger partial charge in [-0.1, -0.05) is 24.3 Å². The van der Waals surface area contributed by atoms with Crippen molar-refractivity contribution >= 4 is 40.0 Å². The summed E-state index contributed by atoms with van der Waals surface area (Å²) in [6.45, 7) is 0.134. The van der Waals surface area contributed by atoms with Gasteiger partial charge in [0.05, 0.1) is 34.6 Å². The van der Waals surface area contributed by atoms with E-state index in [2.05, 4.69) is 27.5 Å². The van der Waals surface area contributed by atoms with Crippen LogP contribution in [0, 0.1) is 0 Å². The van der Waals surface area contributed by atoms with Gasteiger partial charge in [0, 0.05) is 11.3 Å². The van der Waals surface area contributed by atoms with Crippen molar-refractivity contribution < 1.29 is 4.79 Å². The van der Waals surface area contributed by atoms with Crippen LogP contribution in [0.25, 0.3) is 5.69 Å². The Kier molecular flexibility index (Phi) is 5.12. The lowest BCUT2D eigenvalue weighted by molar-refractivity contribution is -0.131. The summed E-state index contributed by atoms with van der Waals surface area (Å²) in [5.41, 5.74) is 2.60. The van der Waals surface area contributed by atoms with Gasteiger partial charge in [0.1, 0.15) is 12.7 Å². The Bertz CT molecular complexity index is 1150. The molecule has 1 aliphatic rings. The molecule has 7 nitrogen and oxygen atoms in total. The molecular formula is C21H18N6OS2. The number of thiophene rings is 2. The van der Waals surface area contributed by atoms with Crippen molar-refractivity contribution in [2.24, 2.45) is 5.10 Å². The fourth-order valence-electron chi connectivity index (χ4n) is 3.44. The Morgan fingerprint density at radius 1 is 1.10 bits per heavy atom. The monoisotopic (exact) mass is 434 g/mol. The summed E-state index contributed by atoms with van der Waals surface area (Å²) in [6.07, 6.45) is 3.84. The molecule has 150 valence electrons. The van der Waals surface area contributed by atoms with Crippen LogP contribution >= 0.6 is 22.7 Å². The van der Waals surface area contributed by atoms with Gasteiger partial charge in [0.2, 0.25) is 0 Å². The number of hydrogen-bond acceptors (Lipinski definition) is 7. The molecule has 0 spiro atoms. The first-order chi connectivity index (χ1) is 14.8. The molecular weight excluding hydrogens is 416 g/mol. The molecule has 0 fully saturated rings. The summed E-state index contributed by atoms with van der Waals surface area (Å²) in [5, 5.41) is 17.8. The highest BCUT2D eigenvalue weighted by Gasteiger charge is 2.33. The molecule has 0 aliphatic carbocycles. The van der Waals surface area contributed by atoms with E-state index in [0.717, 1.165) is 33.3 Å². The minimum Gasteiger partial charge on any atom is -0.374 e. The van der Waals surface area contributed by atoms with Crippen LogP contribution in [-0.4, -0.2) is 37.9 Å². The maximum Gasteiger partial charge on any atom is 0.262 e. The van der Waals surface area contributed by atoms with Crippen molar-refractivity contribution in [2.45, 2.75) is 12.5 Å². The van der Waals surface area contributed by atoms with E-state index in [1.165, 1.54) is 6.33 Å². The average Bonchev–Trinajstić information content (AvgIpc) is 3.58. The van der Waals surface area contributed by atoms with E-state index in [1.54, 1.807) is 38.7 Å². The zero-order valence-electron chi connectivity index (χ0n) is 15.9. The molecule has 0 bridgehead atoms. The number of anilines is 1. The molecule has 0 radical (unpaired) electrons. The molecule has 4 aromatic rings. The summed E-state index contributed by atoms with van der Waals surface area (Å²) in [7, 11) is 0. The van der Waals surface area contributed by atoms with Crippen LogP contribution in [-0.2, 0) is 4.79 Å². The van der Waals surface area contributed by atoms with Crippen LogP contribution in [0.5, 0.6) is 0 Å². The Morgan fingerprint density at radius 2 is 1.97 bits per heavy atom. The van der Waals surface area contributed by atoms with Crippen LogP contribution in [0.1, 0.15) is 22.2 Å². The summed E-state index contributed by atoms with van der Waals surface area (Å²) >= 11 is 3.30. The standard InChI is InChI=1S/C21H18N6OS2/c28-21(12-23-15-5-1-2-6-17(15)26-14-22-13-24-26)27-18(20-8-4-10-30-20)11-16(25-27)19-7-3-9-29-19/h1-10,13-14,18,23H,11-12H2/t18-/m0/s1. The van der Waals surface area contributed by atoms with Gasteiger partial charge >= 0.3 is 0 Å². The maximum atomic E-state index is 13.2. The van der Waals surface area contributed by atoms with Crippen molar-refractivity contribution in [1.29, 1.82) is 0 Å².